The molecule has 0 fully saturated rings. The summed E-state index contributed by atoms with van der Waals surface area (Å²) >= 11 is 0. The van der Waals surface area contributed by atoms with Crippen LogP contribution in [-0.4, -0.2) is 16.1 Å². The van der Waals surface area contributed by atoms with Crippen LogP contribution in [-0.2, 0) is 6.18 Å². The third kappa shape index (κ3) is 2.48. The third-order valence-corrected chi connectivity index (χ3v) is 1.81. The molecule has 0 saturated heterocycles. The number of hydrogen-bond acceptors (Lipinski definition) is 2. The molecule has 0 aliphatic heterocycles. The molecule has 0 radical (unpaired) electrons. The molecule has 0 unspecified atom stereocenters. The zero-order chi connectivity index (χ0) is 13.4. The van der Waals surface area contributed by atoms with E-state index in [9.17, 15) is 31.1 Å². The third-order valence-electron chi connectivity index (χ3n) is 1.81. The van der Waals surface area contributed by atoms with Crippen molar-refractivity contribution in [3.63, 3.8) is 0 Å². The van der Waals surface area contributed by atoms with Crippen LogP contribution in [0.15, 0.2) is 6.20 Å². The standard InChI is InChI=1S/C8H3F6NO2/c9-5(10)4-3(7(16)17)2(8(12,13)14)1-15-6(4)11/h1,5H,(H,16,17). The van der Waals surface area contributed by atoms with Crippen molar-refractivity contribution < 1.29 is 36.2 Å². The van der Waals surface area contributed by atoms with Gasteiger partial charge in [-0.1, -0.05) is 0 Å². The number of nitrogens with zero attached hydrogens (tertiary/aromatic N) is 1. The van der Waals surface area contributed by atoms with E-state index < -0.39 is 41.2 Å². The monoisotopic (exact) mass is 259 g/mol. The maximum Gasteiger partial charge on any atom is 0.418 e. The molecule has 1 aromatic heterocycles. The summed E-state index contributed by atoms with van der Waals surface area (Å²) in [6.45, 7) is 0. The number of rotatable bonds is 2. The summed E-state index contributed by atoms with van der Waals surface area (Å²) in [6.07, 6.45) is -9.06. The molecule has 0 bridgehead atoms. The first-order valence-electron chi connectivity index (χ1n) is 3.93. The van der Waals surface area contributed by atoms with E-state index in [2.05, 4.69) is 4.98 Å². The molecule has 0 amide bonds. The predicted octanol–water partition coefficient (Wildman–Crippen LogP) is 2.88. The number of alkyl halides is 5. The number of hydrogen-bond donors (Lipinski definition) is 1. The molecular weight excluding hydrogens is 256 g/mol. The highest BCUT2D eigenvalue weighted by Gasteiger charge is 2.40. The normalized spacial score (nSPS) is 11.9. The zero-order valence-electron chi connectivity index (χ0n) is 7.73. The van der Waals surface area contributed by atoms with Crippen LogP contribution in [0.1, 0.15) is 27.9 Å². The molecule has 0 atom stereocenters. The van der Waals surface area contributed by atoms with Gasteiger partial charge in [0.25, 0.3) is 6.43 Å². The Kier molecular flexibility index (Phi) is 3.30. The fourth-order valence-corrected chi connectivity index (χ4v) is 1.15. The topological polar surface area (TPSA) is 50.2 Å². The minimum Gasteiger partial charge on any atom is -0.478 e. The van der Waals surface area contributed by atoms with Gasteiger partial charge < -0.3 is 5.11 Å². The van der Waals surface area contributed by atoms with Gasteiger partial charge in [0.1, 0.15) is 0 Å². The number of aromatic carboxylic acids is 1. The van der Waals surface area contributed by atoms with Gasteiger partial charge in [-0.05, 0) is 0 Å². The Morgan fingerprint density at radius 3 is 2.24 bits per heavy atom. The van der Waals surface area contributed by atoms with Gasteiger partial charge in [-0.25, -0.2) is 18.6 Å². The Hall–Kier alpha value is -1.80. The van der Waals surface area contributed by atoms with Gasteiger partial charge in [-0.15, -0.1) is 0 Å². The summed E-state index contributed by atoms with van der Waals surface area (Å²) in [5.41, 5.74) is -5.60. The fourth-order valence-electron chi connectivity index (χ4n) is 1.15. The first-order valence-corrected chi connectivity index (χ1v) is 3.93. The van der Waals surface area contributed by atoms with Gasteiger partial charge in [0.05, 0.1) is 16.7 Å². The largest absolute Gasteiger partial charge is 0.478 e. The highest BCUT2D eigenvalue weighted by atomic mass is 19.4. The van der Waals surface area contributed by atoms with Crippen LogP contribution in [0.5, 0.6) is 0 Å². The first kappa shape index (κ1) is 13.3. The van der Waals surface area contributed by atoms with E-state index >= 15 is 0 Å². The van der Waals surface area contributed by atoms with Crippen molar-refractivity contribution in [3.05, 3.63) is 28.8 Å². The molecule has 0 aromatic carbocycles. The molecule has 0 saturated carbocycles. The molecule has 9 heteroatoms. The molecule has 0 spiro atoms. The summed E-state index contributed by atoms with van der Waals surface area (Å²) in [5, 5.41) is 8.46. The highest BCUT2D eigenvalue weighted by molar-refractivity contribution is 5.91. The maximum atomic E-state index is 12.8. The summed E-state index contributed by atoms with van der Waals surface area (Å²) in [5.74, 6) is -4.24. The van der Waals surface area contributed by atoms with Crippen LogP contribution in [0.2, 0.25) is 0 Å². The van der Waals surface area contributed by atoms with Crippen LogP contribution in [0.25, 0.3) is 0 Å². The van der Waals surface area contributed by atoms with Gasteiger partial charge in [-0.2, -0.15) is 17.6 Å². The van der Waals surface area contributed by atoms with Crippen molar-refractivity contribution >= 4 is 5.97 Å². The molecule has 1 rings (SSSR count). The van der Waals surface area contributed by atoms with E-state index in [-0.39, 0.29) is 6.20 Å². The summed E-state index contributed by atoms with van der Waals surface area (Å²) in [6, 6.07) is 0. The molecule has 1 N–H and O–H groups in total. The van der Waals surface area contributed by atoms with Crippen LogP contribution in [0.4, 0.5) is 26.3 Å². The SMILES string of the molecule is O=C(O)c1c(C(F)(F)F)cnc(F)c1C(F)F. The average Bonchev–Trinajstić information content (AvgIpc) is 2.14. The minimum absolute atomic E-state index is 0.134. The Morgan fingerprint density at radius 1 is 1.35 bits per heavy atom. The highest BCUT2D eigenvalue weighted by Crippen LogP contribution is 2.36. The lowest BCUT2D eigenvalue weighted by Crippen LogP contribution is -2.18. The molecule has 1 heterocycles. The fraction of sp³-hybridized carbons (Fsp3) is 0.250. The van der Waals surface area contributed by atoms with Crippen molar-refractivity contribution in [2.24, 2.45) is 0 Å². The van der Waals surface area contributed by atoms with Crippen LogP contribution < -0.4 is 0 Å². The smallest absolute Gasteiger partial charge is 0.418 e. The summed E-state index contributed by atoms with van der Waals surface area (Å²) in [4.78, 5) is 13.0. The van der Waals surface area contributed by atoms with E-state index in [0.717, 1.165) is 0 Å². The van der Waals surface area contributed by atoms with Gasteiger partial charge in [0.2, 0.25) is 5.95 Å². The maximum absolute atomic E-state index is 12.8. The van der Waals surface area contributed by atoms with Crippen LogP contribution in [0.3, 0.4) is 0 Å². The van der Waals surface area contributed by atoms with Crippen molar-refractivity contribution in [2.45, 2.75) is 12.6 Å². The second kappa shape index (κ2) is 4.22. The van der Waals surface area contributed by atoms with E-state index in [1.165, 1.54) is 0 Å². The molecular formula is C8H3F6NO2. The van der Waals surface area contributed by atoms with Crippen molar-refractivity contribution in [1.29, 1.82) is 0 Å². The Morgan fingerprint density at radius 2 is 1.88 bits per heavy atom. The van der Waals surface area contributed by atoms with E-state index in [1.54, 1.807) is 0 Å². The Balaban J connectivity index is 3.66. The lowest BCUT2D eigenvalue weighted by atomic mass is 10.0. The number of halogens is 6. The lowest BCUT2D eigenvalue weighted by Gasteiger charge is -2.13. The second-order valence-corrected chi connectivity index (χ2v) is 2.85. The molecule has 17 heavy (non-hydrogen) atoms. The van der Waals surface area contributed by atoms with E-state index in [0.29, 0.717) is 0 Å². The molecule has 0 aliphatic rings. The average molecular weight is 259 g/mol. The van der Waals surface area contributed by atoms with Gasteiger partial charge >= 0.3 is 12.1 Å². The van der Waals surface area contributed by atoms with Crippen molar-refractivity contribution in [1.82, 2.24) is 4.98 Å². The molecule has 1 aromatic rings. The van der Waals surface area contributed by atoms with Crippen molar-refractivity contribution in [3.8, 4) is 0 Å². The number of carbonyl (C=O) groups is 1. The molecule has 0 aliphatic carbocycles. The van der Waals surface area contributed by atoms with Gasteiger partial charge in [-0.3, -0.25) is 0 Å². The number of pyridine rings is 1. The lowest BCUT2D eigenvalue weighted by molar-refractivity contribution is -0.138. The molecule has 94 valence electrons. The summed E-state index contributed by atoms with van der Waals surface area (Å²) in [7, 11) is 0. The Labute approximate surface area is 89.7 Å². The van der Waals surface area contributed by atoms with Crippen LogP contribution >= 0.6 is 0 Å². The number of carboxylic acid groups (broad SMARTS) is 1. The Bertz CT molecular complexity index is 456. The minimum atomic E-state index is -5.21. The quantitative estimate of drug-likeness (QED) is 0.656. The number of carboxylic acids is 1. The van der Waals surface area contributed by atoms with Crippen molar-refractivity contribution in [2.75, 3.05) is 0 Å². The summed E-state index contributed by atoms with van der Waals surface area (Å²) < 4.78 is 74.4. The van der Waals surface area contributed by atoms with Crippen LogP contribution in [0, 0.1) is 5.95 Å². The van der Waals surface area contributed by atoms with Gasteiger partial charge in [0.15, 0.2) is 0 Å². The zero-order valence-corrected chi connectivity index (χ0v) is 7.73. The first-order chi connectivity index (χ1) is 7.66. The van der Waals surface area contributed by atoms with Gasteiger partial charge in [0, 0.05) is 6.20 Å². The van der Waals surface area contributed by atoms with E-state index in [1.807, 2.05) is 0 Å². The molecule has 3 nitrogen and oxygen atoms in total. The van der Waals surface area contributed by atoms with E-state index in [4.69, 9.17) is 5.11 Å². The predicted molar refractivity (Wildman–Crippen MR) is 41.1 cm³/mol. The second-order valence-electron chi connectivity index (χ2n) is 2.85. The number of aromatic nitrogens is 1.